The second kappa shape index (κ2) is 8.74. The molecule has 1 N–H and O–H groups in total. The Balaban J connectivity index is 4.35. The first kappa shape index (κ1) is 17.7. The van der Waals surface area contributed by atoms with Crippen LogP contribution in [0.3, 0.4) is 0 Å². The van der Waals surface area contributed by atoms with E-state index in [0.717, 1.165) is 11.8 Å². The third-order valence-electron chi connectivity index (χ3n) is 2.07. The van der Waals surface area contributed by atoms with Crippen LogP contribution in [0.15, 0.2) is 12.2 Å². The van der Waals surface area contributed by atoms with Crippen molar-refractivity contribution in [1.82, 2.24) is 10.4 Å². The highest BCUT2D eigenvalue weighted by atomic mass is 32.2. The molecule has 0 rings (SSSR count). The van der Waals surface area contributed by atoms with Crippen molar-refractivity contribution in [3.05, 3.63) is 12.2 Å². The Bertz CT molecular complexity index is 367. The molecule has 0 aliphatic carbocycles. The van der Waals surface area contributed by atoms with Gasteiger partial charge in [0, 0.05) is 19.1 Å². The fraction of sp³-hybridized carbons (Fsp3) is 0.615. The Morgan fingerprint density at radius 2 is 1.84 bits per heavy atom. The third kappa shape index (κ3) is 8.42. The van der Waals surface area contributed by atoms with Crippen molar-refractivity contribution in [3.63, 3.8) is 0 Å². The van der Waals surface area contributed by atoms with Crippen LogP contribution in [-0.2, 0) is 14.4 Å². The van der Waals surface area contributed by atoms with Gasteiger partial charge in [0.1, 0.15) is 0 Å². The monoisotopic (exact) mass is 286 g/mol. The van der Waals surface area contributed by atoms with Crippen molar-refractivity contribution in [2.45, 2.75) is 34.1 Å². The van der Waals surface area contributed by atoms with Crippen molar-refractivity contribution in [3.8, 4) is 0 Å². The summed E-state index contributed by atoms with van der Waals surface area (Å²) in [4.78, 5) is 34.3. The Morgan fingerprint density at radius 3 is 2.26 bits per heavy atom. The molecule has 0 radical (unpaired) electrons. The Labute approximate surface area is 118 Å². The van der Waals surface area contributed by atoms with E-state index in [1.54, 1.807) is 6.92 Å². The van der Waals surface area contributed by atoms with E-state index in [2.05, 4.69) is 12.0 Å². The van der Waals surface area contributed by atoms with Gasteiger partial charge in [0.2, 0.25) is 16.9 Å². The molecule has 0 aromatic carbocycles. The fourth-order valence-corrected chi connectivity index (χ4v) is 1.95. The molecule has 0 aromatic heterocycles. The molecule has 0 aliphatic rings. The number of carbonyl (C=O) groups is 3. The Hall–Kier alpha value is -1.30. The molecule has 0 heterocycles. The number of nitrogens with zero attached hydrogens (tertiary/aromatic N) is 1. The second-order valence-corrected chi connectivity index (χ2v) is 5.80. The average Bonchev–Trinajstić information content (AvgIpc) is 2.25. The molecule has 0 unspecified atom stereocenters. The zero-order valence-electron chi connectivity index (χ0n) is 12.0. The normalized spacial score (nSPS) is 10.2. The highest BCUT2D eigenvalue weighted by Crippen LogP contribution is 2.09. The summed E-state index contributed by atoms with van der Waals surface area (Å²) >= 11 is 1.09. The molecular formula is C13H22N2O3S. The van der Waals surface area contributed by atoms with Crippen LogP contribution in [0.5, 0.6) is 0 Å². The summed E-state index contributed by atoms with van der Waals surface area (Å²) in [6.45, 7) is 10.7. The maximum atomic E-state index is 11.9. The quantitative estimate of drug-likeness (QED) is 0.597. The van der Waals surface area contributed by atoms with Crippen molar-refractivity contribution in [1.29, 1.82) is 0 Å². The topological polar surface area (TPSA) is 66.5 Å². The van der Waals surface area contributed by atoms with E-state index in [0.29, 0.717) is 24.3 Å². The highest BCUT2D eigenvalue weighted by Gasteiger charge is 2.16. The predicted octanol–water partition coefficient (Wildman–Crippen LogP) is 1.75. The number of hydrazine groups is 1. The van der Waals surface area contributed by atoms with Crippen LogP contribution in [0.1, 0.15) is 34.1 Å². The van der Waals surface area contributed by atoms with Gasteiger partial charge in [-0.3, -0.25) is 24.8 Å². The number of carbonyl (C=O) groups excluding carboxylic acids is 3. The molecule has 0 saturated carbocycles. The number of hydrogen-bond acceptors (Lipinski definition) is 4. The molecule has 0 aromatic rings. The van der Waals surface area contributed by atoms with Gasteiger partial charge in [0.05, 0.1) is 6.54 Å². The summed E-state index contributed by atoms with van der Waals surface area (Å²) in [5.41, 5.74) is 2.96. The molecular weight excluding hydrogens is 264 g/mol. The number of thioether (sulfide) groups is 1. The van der Waals surface area contributed by atoms with Gasteiger partial charge in [0.25, 0.3) is 0 Å². The lowest BCUT2D eigenvalue weighted by molar-refractivity contribution is -0.141. The van der Waals surface area contributed by atoms with Gasteiger partial charge in [-0.05, 0) is 18.4 Å². The molecule has 0 spiro atoms. The van der Waals surface area contributed by atoms with E-state index in [1.165, 1.54) is 11.9 Å². The molecule has 108 valence electrons. The smallest absolute Gasteiger partial charge is 0.241 e. The van der Waals surface area contributed by atoms with Crippen LogP contribution in [0.4, 0.5) is 0 Å². The minimum atomic E-state index is -0.298. The van der Waals surface area contributed by atoms with Gasteiger partial charge in [-0.15, -0.1) is 0 Å². The second-order valence-electron chi connectivity index (χ2n) is 4.73. The average molecular weight is 286 g/mol. The molecule has 0 bridgehead atoms. The van der Waals surface area contributed by atoms with Crippen molar-refractivity contribution >= 4 is 28.7 Å². The van der Waals surface area contributed by atoms with E-state index in [9.17, 15) is 14.4 Å². The maximum absolute atomic E-state index is 11.9. The SMILES string of the molecule is C=C(C)C(=O)SCCN(NC(C)=O)C(=O)CC(C)C. The fourth-order valence-electron chi connectivity index (χ4n) is 1.25. The summed E-state index contributed by atoms with van der Waals surface area (Å²) in [6.07, 6.45) is 0.360. The van der Waals surface area contributed by atoms with Crippen LogP contribution >= 0.6 is 11.8 Å². The van der Waals surface area contributed by atoms with Crippen LogP contribution < -0.4 is 5.43 Å². The third-order valence-corrected chi connectivity index (χ3v) is 3.07. The molecule has 0 aliphatic heterocycles. The first-order valence-electron chi connectivity index (χ1n) is 6.14. The zero-order chi connectivity index (χ0) is 15.0. The number of hydrogen-bond donors (Lipinski definition) is 1. The van der Waals surface area contributed by atoms with E-state index < -0.39 is 0 Å². The van der Waals surface area contributed by atoms with E-state index in [-0.39, 0.29) is 22.8 Å². The summed E-state index contributed by atoms with van der Waals surface area (Å²) in [5, 5.41) is 1.18. The first-order valence-corrected chi connectivity index (χ1v) is 7.12. The summed E-state index contributed by atoms with van der Waals surface area (Å²) in [6, 6.07) is 0. The molecule has 0 atom stereocenters. The minimum Gasteiger partial charge on any atom is -0.282 e. The van der Waals surface area contributed by atoms with Crippen LogP contribution in [-0.4, -0.2) is 34.2 Å². The Morgan fingerprint density at radius 1 is 1.26 bits per heavy atom. The molecule has 0 fully saturated rings. The van der Waals surface area contributed by atoms with E-state index in [4.69, 9.17) is 0 Å². The lowest BCUT2D eigenvalue weighted by Gasteiger charge is -2.23. The Kier molecular flexibility index (Phi) is 8.14. The van der Waals surface area contributed by atoms with Gasteiger partial charge in [-0.25, -0.2) is 0 Å². The molecule has 0 saturated heterocycles. The zero-order valence-corrected chi connectivity index (χ0v) is 12.8. The van der Waals surface area contributed by atoms with Crippen molar-refractivity contribution in [2.24, 2.45) is 5.92 Å². The number of amides is 2. The van der Waals surface area contributed by atoms with Gasteiger partial charge >= 0.3 is 0 Å². The highest BCUT2D eigenvalue weighted by molar-refractivity contribution is 8.14. The van der Waals surface area contributed by atoms with E-state index in [1.807, 2.05) is 13.8 Å². The summed E-state index contributed by atoms with van der Waals surface area (Å²) in [5.74, 6) is 0.200. The molecule has 19 heavy (non-hydrogen) atoms. The van der Waals surface area contributed by atoms with E-state index >= 15 is 0 Å². The first-order chi connectivity index (χ1) is 8.73. The van der Waals surface area contributed by atoms with Crippen LogP contribution in [0.25, 0.3) is 0 Å². The summed E-state index contributed by atoms with van der Waals surface area (Å²) in [7, 11) is 0. The predicted molar refractivity (Wildman–Crippen MR) is 77.3 cm³/mol. The van der Waals surface area contributed by atoms with Gasteiger partial charge < -0.3 is 0 Å². The molecule has 5 nitrogen and oxygen atoms in total. The largest absolute Gasteiger partial charge is 0.282 e. The van der Waals surface area contributed by atoms with Crippen molar-refractivity contribution < 1.29 is 14.4 Å². The van der Waals surface area contributed by atoms with Gasteiger partial charge in [0.15, 0.2) is 0 Å². The molecule has 6 heteroatoms. The standard InChI is InChI=1S/C13H22N2O3S/c1-9(2)8-12(17)15(14-11(5)16)6-7-19-13(18)10(3)4/h9H,3,6-8H2,1-2,4-5H3,(H,14,16). The molecule has 2 amide bonds. The minimum absolute atomic E-state index is 0.0981. The van der Waals surface area contributed by atoms with Crippen LogP contribution in [0.2, 0.25) is 0 Å². The number of rotatable bonds is 6. The summed E-state index contributed by atoms with van der Waals surface area (Å²) < 4.78 is 0. The van der Waals surface area contributed by atoms with Gasteiger partial charge in [-0.2, -0.15) is 0 Å². The van der Waals surface area contributed by atoms with Crippen molar-refractivity contribution in [2.75, 3.05) is 12.3 Å². The van der Waals surface area contributed by atoms with Crippen LogP contribution in [0, 0.1) is 5.92 Å². The maximum Gasteiger partial charge on any atom is 0.241 e. The number of nitrogens with one attached hydrogen (secondary N) is 1. The lowest BCUT2D eigenvalue weighted by Crippen LogP contribution is -2.46. The van der Waals surface area contributed by atoms with Gasteiger partial charge in [-0.1, -0.05) is 32.2 Å². The lowest BCUT2D eigenvalue weighted by atomic mass is 10.1.